The van der Waals surface area contributed by atoms with Crippen molar-refractivity contribution < 1.29 is 13.2 Å². The van der Waals surface area contributed by atoms with Gasteiger partial charge in [-0.15, -0.1) is 0 Å². The molecule has 3 aromatic rings. The molecular weight excluding hydrogens is 336 g/mol. The van der Waals surface area contributed by atoms with Gasteiger partial charge >= 0.3 is 0 Å². The van der Waals surface area contributed by atoms with Crippen LogP contribution < -0.4 is 0 Å². The summed E-state index contributed by atoms with van der Waals surface area (Å²) in [5, 5.41) is 0. The lowest BCUT2D eigenvalue weighted by Gasteiger charge is -2.08. The number of imidazole rings is 1. The number of rotatable bonds is 3. The SMILES string of the molecule is CS(=O)(=O)c1ccc(-c2c(-c3ccccc3)nc3n2C(=O)CC3)cc1. The Kier molecular flexibility index (Phi) is 3.58. The van der Waals surface area contributed by atoms with Crippen LogP contribution >= 0.6 is 0 Å². The van der Waals surface area contributed by atoms with Gasteiger partial charge in [-0.3, -0.25) is 9.36 Å². The molecule has 0 bridgehead atoms. The van der Waals surface area contributed by atoms with Crippen molar-refractivity contribution in [3.8, 4) is 22.5 Å². The fourth-order valence-electron chi connectivity index (χ4n) is 3.16. The Labute approximate surface area is 145 Å². The number of carbonyl (C=O) groups is 1. The van der Waals surface area contributed by atoms with E-state index in [1.165, 1.54) is 6.26 Å². The van der Waals surface area contributed by atoms with E-state index >= 15 is 0 Å². The Balaban J connectivity index is 1.93. The maximum atomic E-state index is 12.4. The van der Waals surface area contributed by atoms with Crippen LogP contribution in [-0.4, -0.2) is 30.1 Å². The highest BCUT2D eigenvalue weighted by Gasteiger charge is 2.28. The zero-order chi connectivity index (χ0) is 17.6. The fraction of sp³-hybridized carbons (Fsp3) is 0.158. The summed E-state index contributed by atoms with van der Waals surface area (Å²) in [7, 11) is -3.26. The average molecular weight is 352 g/mol. The van der Waals surface area contributed by atoms with Gasteiger partial charge in [-0.25, -0.2) is 13.4 Å². The normalized spacial score (nSPS) is 13.9. The van der Waals surface area contributed by atoms with Gasteiger partial charge in [0.05, 0.1) is 16.3 Å². The maximum Gasteiger partial charge on any atom is 0.233 e. The third kappa shape index (κ3) is 2.68. The van der Waals surface area contributed by atoms with Crippen molar-refractivity contribution in [3.05, 3.63) is 60.4 Å². The summed E-state index contributed by atoms with van der Waals surface area (Å²) in [5.74, 6) is 0.776. The number of aromatic nitrogens is 2. The molecule has 0 spiro atoms. The zero-order valence-electron chi connectivity index (χ0n) is 13.6. The van der Waals surface area contributed by atoms with Gasteiger partial charge in [0.2, 0.25) is 5.91 Å². The van der Waals surface area contributed by atoms with Crippen LogP contribution in [-0.2, 0) is 16.3 Å². The number of hydrogen-bond acceptors (Lipinski definition) is 4. The Bertz CT molecular complexity index is 1070. The Morgan fingerprint density at radius 3 is 2.24 bits per heavy atom. The Morgan fingerprint density at radius 1 is 0.920 bits per heavy atom. The molecule has 0 aliphatic carbocycles. The van der Waals surface area contributed by atoms with Crippen LogP contribution in [0.15, 0.2) is 59.5 Å². The van der Waals surface area contributed by atoms with Crippen LogP contribution in [0.3, 0.4) is 0 Å². The molecule has 0 unspecified atom stereocenters. The number of aryl methyl sites for hydroxylation is 1. The largest absolute Gasteiger partial charge is 0.274 e. The van der Waals surface area contributed by atoms with Crippen LogP contribution in [0.1, 0.15) is 17.0 Å². The lowest BCUT2D eigenvalue weighted by atomic mass is 10.0. The third-order valence-electron chi connectivity index (χ3n) is 4.36. The van der Waals surface area contributed by atoms with Crippen molar-refractivity contribution in [1.82, 2.24) is 9.55 Å². The molecule has 2 aromatic carbocycles. The summed E-state index contributed by atoms with van der Waals surface area (Å²) in [6, 6.07) is 16.3. The lowest BCUT2D eigenvalue weighted by Crippen LogP contribution is -2.06. The summed E-state index contributed by atoms with van der Waals surface area (Å²) in [6.45, 7) is 0. The molecule has 6 heteroatoms. The van der Waals surface area contributed by atoms with E-state index in [2.05, 4.69) is 4.98 Å². The molecule has 0 amide bonds. The summed E-state index contributed by atoms with van der Waals surface area (Å²) in [5.41, 5.74) is 3.18. The quantitative estimate of drug-likeness (QED) is 0.726. The van der Waals surface area contributed by atoms with Gasteiger partial charge in [-0.1, -0.05) is 42.5 Å². The smallest absolute Gasteiger partial charge is 0.233 e. The van der Waals surface area contributed by atoms with Crippen molar-refractivity contribution in [2.75, 3.05) is 6.26 Å². The van der Waals surface area contributed by atoms with Gasteiger partial charge in [0.1, 0.15) is 5.82 Å². The van der Waals surface area contributed by atoms with Crippen molar-refractivity contribution in [2.24, 2.45) is 0 Å². The predicted octanol–water partition coefficient (Wildman–Crippen LogP) is 3.21. The topological polar surface area (TPSA) is 69.0 Å². The molecule has 126 valence electrons. The second-order valence-corrected chi connectivity index (χ2v) is 8.13. The first kappa shape index (κ1) is 15.8. The molecule has 0 fully saturated rings. The molecule has 0 saturated carbocycles. The molecule has 0 saturated heterocycles. The molecular formula is C19H16N2O3S. The molecule has 1 aromatic heterocycles. The highest BCUT2D eigenvalue weighted by atomic mass is 32.2. The number of sulfone groups is 1. The number of nitrogens with zero attached hydrogens (tertiary/aromatic N) is 2. The highest BCUT2D eigenvalue weighted by Crippen LogP contribution is 2.35. The standard InChI is InChI=1S/C19H16N2O3S/c1-25(23,24)15-9-7-14(8-10-15)19-18(13-5-3-2-4-6-13)20-16-11-12-17(22)21(16)19/h2-10H,11-12H2,1H3. The van der Waals surface area contributed by atoms with Crippen molar-refractivity contribution in [2.45, 2.75) is 17.7 Å². The van der Waals surface area contributed by atoms with Crippen LogP contribution in [0.25, 0.3) is 22.5 Å². The summed E-state index contributed by atoms with van der Waals surface area (Å²) in [6.07, 6.45) is 2.25. The van der Waals surface area contributed by atoms with Crippen molar-refractivity contribution >= 4 is 15.7 Å². The van der Waals surface area contributed by atoms with E-state index in [0.29, 0.717) is 12.8 Å². The van der Waals surface area contributed by atoms with Gasteiger partial charge in [-0.2, -0.15) is 0 Å². The Hall–Kier alpha value is -2.73. The summed E-state index contributed by atoms with van der Waals surface area (Å²) < 4.78 is 25.0. The van der Waals surface area contributed by atoms with Crippen LogP contribution in [0.5, 0.6) is 0 Å². The molecule has 1 aliphatic rings. The van der Waals surface area contributed by atoms with Gasteiger partial charge < -0.3 is 0 Å². The third-order valence-corrected chi connectivity index (χ3v) is 5.49. The van der Waals surface area contributed by atoms with E-state index < -0.39 is 9.84 Å². The van der Waals surface area contributed by atoms with E-state index in [4.69, 9.17) is 0 Å². The zero-order valence-corrected chi connectivity index (χ0v) is 14.5. The molecule has 25 heavy (non-hydrogen) atoms. The number of carbonyl (C=O) groups excluding carboxylic acids is 1. The predicted molar refractivity (Wildman–Crippen MR) is 95.2 cm³/mol. The first-order valence-corrected chi connectivity index (χ1v) is 9.85. The van der Waals surface area contributed by atoms with Crippen LogP contribution in [0, 0.1) is 0 Å². The molecule has 0 radical (unpaired) electrons. The summed E-state index contributed by atoms with van der Waals surface area (Å²) in [4.78, 5) is 17.3. The van der Waals surface area contributed by atoms with Crippen LogP contribution in [0.2, 0.25) is 0 Å². The second kappa shape index (κ2) is 5.67. The fourth-order valence-corrected chi connectivity index (χ4v) is 3.79. The Morgan fingerprint density at radius 2 is 1.60 bits per heavy atom. The van der Waals surface area contributed by atoms with E-state index in [9.17, 15) is 13.2 Å². The van der Waals surface area contributed by atoms with Gasteiger partial charge in [0.25, 0.3) is 0 Å². The average Bonchev–Trinajstić information content (AvgIpc) is 3.15. The minimum absolute atomic E-state index is 0.0203. The maximum absolute atomic E-state index is 12.4. The van der Waals surface area contributed by atoms with Crippen molar-refractivity contribution in [3.63, 3.8) is 0 Å². The van der Waals surface area contributed by atoms with Crippen LogP contribution in [0.4, 0.5) is 0 Å². The van der Waals surface area contributed by atoms with E-state index in [-0.39, 0.29) is 10.8 Å². The monoisotopic (exact) mass is 352 g/mol. The second-order valence-electron chi connectivity index (χ2n) is 6.12. The van der Waals surface area contributed by atoms with E-state index in [1.807, 2.05) is 30.3 Å². The molecule has 5 nitrogen and oxygen atoms in total. The minimum Gasteiger partial charge on any atom is -0.274 e. The number of benzene rings is 2. The first-order chi connectivity index (χ1) is 11.9. The minimum atomic E-state index is -3.26. The van der Waals surface area contributed by atoms with E-state index in [1.54, 1.807) is 28.8 Å². The first-order valence-electron chi connectivity index (χ1n) is 7.96. The highest BCUT2D eigenvalue weighted by molar-refractivity contribution is 7.90. The molecule has 0 atom stereocenters. The number of hydrogen-bond donors (Lipinski definition) is 0. The molecule has 2 heterocycles. The van der Waals surface area contributed by atoms with Gasteiger partial charge in [0, 0.05) is 30.2 Å². The molecule has 1 aliphatic heterocycles. The molecule has 4 rings (SSSR count). The summed E-state index contributed by atoms with van der Waals surface area (Å²) >= 11 is 0. The van der Waals surface area contributed by atoms with Gasteiger partial charge in [-0.05, 0) is 12.1 Å². The van der Waals surface area contributed by atoms with E-state index in [0.717, 1.165) is 28.3 Å². The van der Waals surface area contributed by atoms with Crippen molar-refractivity contribution in [1.29, 1.82) is 0 Å². The molecule has 0 N–H and O–H groups in total. The lowest BCUT2D eigenvalue weighted by molar-refractivity contribution is 0.0926. The van der Waals surface area contributed by atoms with Gasteiger partial charge in [0.15, 0.2) is 9.84 Å². The number of fused-ring (bicyclic) bond motifs is 1.